The van der Waals surface area contributed by atoms with Crippen LogP contribution in [-0.4, -0.2) is 23.5 Å². The topological polar surface area (TPSA) is 57.6 Å². The zero-order valence-electron chi connectivity index (χ0n) is 14.1. The summed E-state index contributed by atoms with van der Waals surface area (Å²) in [6.45, 7) is 6.54. The van der Waals surface area contributed by atoms with Crippen LogP contribution in [0, 0.1) is 0 Å². The predicted octanol–water partition coefficient (Wildman–Crippen LogP) is 3.81. The van der Waals surface area contributed by atoms with Crippen LogP contribution in [0.15, 0.2) is 48.5 Å². The summed E-state index contributed by atoms with van der Waals surface area (Å²) in [5, 5.41) is 9.42. The second kappa shape index (κ2) is 5.78. The molecule has 4 heteroatoms. The highest BCUT2D eigenvalue weighted by atomic mass is 16.4. The number of hydrogen-bond acceptors (Lipinski definition) is 2. The first-order valence-electron chi connectivity index (χ1n) is 8.03. The Labute approximate surface area is 141 Å². The van der Waals surface area contributed by atoms with Gasteiger partial charge in [0.2, 0.25) is 0 Å². The van der Waals surface area contributed by atoms with Crippen LogP contribution in [-0.2, 0) is 10.2 Å². The normalized spacial score (nSPS) is 16.8. The maximum atomic E-state index is 12.9. The number of benzene rings is 2. The largest absolute Gasteiger partial charge is 0.481 e. The first-order valence-corrected chi connectivity index (χ1v) is 8.03. The van der Waals surface area contributed by atoms with Gasteiger partial charge in [-0.25, -0.2) is 0 Å². The summed E-state index contributed by atoms with van der Waals surface area (Å²) in [5.41, 5.74) is 3.14. The standard InChI is InChI=1S/C20H21NO3/c1-20(2,3)14-10-8-13(9-11-14)18(22)21-12-16(19(23)24)15-6-4-5-7-17(15)21/h4-11,16H,12H2,1-3H3,(H,23,24). The SMILES string of the molecule is CC(C)(C)c1ccc(C(=O)N2CC(C(=O)O)c3ccccc32)cc1. The van der Waals surface area contributed by atoms with Crippen molar-refractivity contribution < 1.29 is 14.7 Å². The van der Waals surface area contributed by atoms with Gasteiger partial charge in [-0.2, -0.15) is 0 Å². The number of carboxylic acid groups (broad SMARTS) is 1. The minimum atomic E-state index is -0.902. The minimum absolute atomic E-state index is 0.0240. The third kappa shape index (κ3) is 2.80. The average Bonchev–Trinajstić information content (AvgIpc) is 2.93. The fraction of sp³-hybridized carbons (Fsp3) is 0.300. The number of carbonyl (C=O) groups is 2. The third-order valence-electron chi connectivity index (χ3n) is 4.51. The van der Waals surface area contributed by atoms with E-state index < -0.39 is 11.9 Å². The molecule has 2 aromatic rings. The minimum Gasteiger partial charge on any atom is -0.481 e. The van der Waals surface area contributed by atoms with Crippen LogP contribution < -0.4 is 4.90 Å². The molecule has 0 saturated heterocycles. The van der Waals surface area contributed by atoms with Crippen molar-refractivity contribution in [2.45, 2.75) is 32.1 Å². The van der Waals surface area contributed by atoms with E-state index in [2.05, 4.69) is 20.8 Å². The van der Waals surface area contributed by atoms with Crippen molar-refractivity contribution in [1.82, 2.24) is 0 Å². The van der Waals surface area contributed by atoms with Crippen LogP contribution >= 0.6 is 0 Å². The molecule has 124 valence electrons. The van der Waals surface area contributed by atoms with Gasteiger partial charge in [0.15, 0.2) is 0 Å². The van der Waals surface area contributed by atoms with E-state index in [1.807, 2.05) is 30.3 Å². The fourth-order valence-electron chi connectivity index (χ4n) is 3.08. The molecule has 24 heavy (non-hydrogen) atoms. The Bertz CT molecular complexity index is 787. The van der Waals surface area contributed by atoms with Gasteiger partial charge < -0.3 is 10.0 Å². The Hall–Kier alpha value is -2.62. The number of nitrogens with zero attached hydrogens (tertiary/aromatic N) is 1. The number of fused-ring (bicyclic) bond motifs is 1. The molecule has 0 radical (unpaired) electrons. The van der Waals surface area contributed by atoms with Gasteiger partial charge in [0.1, 0.15) is 5.92 Å². The summed E-state index contributed by atoms with van der Waals surface area (Å²) in [5.74, 6) is -1.73. The third-order valence-corrected chi connectivity index (χ3v) is 4.51. The van der Waals surface area contributed by atoms with Crippen molar-refractivity contribution in [3.63, 3.8) is 0 Å². The molecule has 0 spiro atoms. The molecule has 3 rings (SSSR count). The number of carbonyl (C=O) groups excluding carboxylic acids is 1. The van der Waals surface area contributed by atoms with Gasteiger partial charge in [-0.1, -0.05) is 51.1 Å². The monoisotopic (exact) mass is 323 g/mol. The van der Waals surface area contributed by atoms with Crippen LogP contribution in [0.1, 0.15) is 48.2 Å². The second-order valence-electron chi connectivity index (χ2n) is 7.19. The molecule has 2 aromatic carbocycles. The molecule has 0 saturated carbocycles. The van der Waals surface area contributed by atoms with Crippen molar-refractivity contribution in [3.05, 3.63) is 65.2 Å². The van der Waals surface area contributed by atoms with Crippen LogP contribution in [0.3, 0.4) is 0 Å². The van der Waals surface area contributed by atoms with E-state index in [9.17, 15) is 14.7 Å². The molecule has 1 amide bonds. The van der Waals surface area contributed by atoms with E-state index in [1.54, 1.807) is 23.1 Å². The van der Waals surface area contributed by atoms with Gasteiger partial charge in [-0.05, 0) is 34.7 Å². The molecular formula is C20H21NO3. The lowest BCUT2D eigenvalue weighted by molar-refractivity contribution is -0.138. The number of aliphatic carboxylic acids is 1. The molecule has 4 nitrogen and oxygen atoms in total. The maximum absolute atomic E-state index is 12.9. The first-order chi connectivity index (χ1) is 11.3. The second-order valence-corrected chi connectivity index (χ2v) is 7.19. The van der Waals surface area contributed by atoms with Crippen molar-refractivity contribution in [2.75, 3.05) is 11.4 Å². The van der Waals surface area contributed by atoms with E-state index in [0.717, 1.165) is 5.56 Å². The Morgan fingerprint density at radius 1 is 1.04 bits per heavy atom. The fourth-order valence-corrected chi connectivity index (χ4v) is 3.08. The number of para-hydroxylation sites is 1. The van der Waals surface area contributed by atoms with Crippen LogP contribution in [0.4, 0.5) is 5.69 Å². The highest BCUT2D eigenvalue weighted by molar-refractivity contribution is 6.08. The number of rotatable bonds is 2. The lowest BCUT2D eigenvalue weighted by atomic mass is 9.86. The summed E-state index contributed by atoms with van der Waals surface area (Å²) >= 11 is 0. The van der Waals surface area contributed by atoms with E-state index in [-0.39, 0.29) is 17.9 Å². The highest BCUT2D eigenvalue weighted by Gasteiger charge is 2.36. The Morgan fingerprint density at radius 3 is 2.25 bits per heavy atom. The van der Waals surface area contributed by atoms with E-state index >= 15 is 0 Å². The molecule has 0 aromatic heterocycles. The number of anilines is 1. The Balaban J connectivity index is 1.92. The Kier molecular flexibility index (Phi) is 3.91. The van der Waals surface area contributed by atoms with Crippen molar-refractivity contribution >= 4 is 17.6 Å². The molecule has 0 bridgehead atoms. The Morgan fingerprint density at radius 2 is 1.67 bits per heavy atom. The van der Waals surface area contributed by atoms with Gasteiger partial charge in [-0.15, -0.1) is 0 Å². The van der Waals surface area contributed by atoms with Crippen molar-refractivity contribution in [3.8, 4) is 0 Å². The summed E-state index contributed by atoms with van der Waals surface area (Å²) in [6, 6.07) is 14.8. The molecule has 1 heterocycles. The highest BCUT2D eigenvalue weighted by Crippen LogP contribution is 2.37. The number of hydrogen-bond donors (Lipinski definition) is 1. The average molecular weight is 323 g/mol. The zero-order valence-corrected chi connectivity index (χ0v) is 14.1. The molecule has 1 aliphatic heterocycles. The summed E-state index contributed by atoms with van der Waals surface area (Å²) < 4.78 is 0. The first kappa shape index (κ1) is 16.2. The summed E-state index contributed by atoms with van der Waals surface area (Å²) in [6.07, 6.45) is 0. The molecule has 1 aliphatic rings. The van der Waals surface area contributed by atoms with Crippen LogP contribution in [0.2, 0.25) is 0 Å². The van der Waals surface area contributed by atoms with Gasteiger partial charge >= 0.3 is 5.97 Å². The predicted molar refractivity (Wildman–Crippen MR) is 93.6 cm³/mol. The molecule has 0 aliphatic carbocycles. The number of amides is 1. The molecule has 1 atom stereocenters. The van der Waals surface area contributed by atoms with Crippen molar-refractivity contribution in [1.29, 1.82) is 0 Å². The van der Waals surface area contributed by atoms with Crippen LogP contribution in [0.25, 0.3) is 0 Å². The molecule has 0 fully saturated rings. The van der Waals surface area contributed by atoms with Gasteiger partial charge in [0, 0.05) is 17.8 Å². The van der Waals surface area contributed by atoms with Crippen molar-refractivity contribution in [2.24, 2.45) is 0 Å². The van der Waals surface area contributed by atoms with Crippen LogP contribution in [0.5, 0.6) is 0 Å². The van der Waals surface area contributed by atoms with E-state index in [1.165, 1.54) is 0 Å². The maximum Gasteiger partial charge on any atom is 0.312 e. The molecule has 1 unspecified atom stereocenters. The van der Waals surface area contributed by atoms with Gasteiger partial charge in [0.05, 0.1) is 0 Å². The number of carboxylic acids is 1. The molecule has 1 N–H and O–H groups in total. The van der Waals surface area contributed by atoms with Gasteiger partial charge in [-0.3, -0.25) is 9.59 Å². The zero-order chi connectivity index (χ0) is 17.5. The summed E-state index contributed by atoms with van der Waals surface area (Å²) in [4.78, 5) is 25.9. The lowest BCUT2D eigenvalue weighted by Crippen LogP contribution is -2.31. The van der Waals surface area contributed by atoms with E-state index in [4.69, 9.17) is 0 Å². The summed E-state index contributed by atoms with van der Waals surface area (Å²) in [7, 11) is 0. The smallest absolute Gasteiger partial charge is 0.312 e. The quantitative estimate of drug-likeness (QED) is 0.914. The lowest BCUT2D eigenvalue weighted by Gasteiger charge is -2.21. The van der Waals surface area contributed by atoms with E-state index in [0.29, 0.717) is 16.8 Å². The molecular weight excluding hydrogens is 302 g/mol. The van der Waals surface area contributed by atoms with Gasteiger partial charge in [0.25, 0.3) is 5.91 Å².